The van der Waals surface area contributed by atoms with Crippen molar-refractivity contribution in [3.8, 4) is 0 Å². The molecule has 9 heteroatoms. The molecule has 2 amide bonds. The number of nitrogens with zero attached hydrogens (tertiary/aromatic N) is 1. The number of amides is 2. The number of hydrogen-bond acceptors (Lipinski definition) is 6. The Balaban J connectivity index is 0.00000243. The number of aryl methyl sites for hydroxylation is 1. The molecule has 0 spiro atoms. The number of fused-ring (bicyclic) bond motifs is 1. The predicted octanol–water partition coefficient (Wildman–Crippen LogP) is 2.00. The van der Waals surface area contributed by atoms with Gasteiger partial charge in [0.2, 0.25) is 11.8 Å². The first kappa shape index (κ1) is 20.3. The molecule has 1 aliphatic heterocycles. The lowest BCUT2D eigenvalue weighted by atomic mass is 10.1. The maximum atomic E-state index is 11.9. The van der Waals surface area contributed by atoms with Crippen LogP contribution < -0.4 is 16.0 Å². The first-order valence-corrected chi connectivity index (χ1v) is 9.14. The minimum absolute atomic E-state index is 0. The summed E-state index contributed by atoms with van der Waals surface area (Å²) in [4.78, 5) is 23.6. The summed E-state index contributed by atoms with van der Waals surface area (Å²) in [5.41, 5.74) is 3.69. The quantitative estimate of drug-likeness (QED) is 0.662. The molecule has 0 radical (unpaired) electrons. The summed E-state index contributed by atoms with van der Waals surface area (Å²) < 4.78 is 4.87. The van der Waals surface area contributed by atoms with E-state index in [0.717, 1.165) is 18.7 Å². The molecule has 2 aromatic rings. The molecule has 26 heavy (non-hydrogen) atoms. The van der Waals surface area contributed by atoms with Gasteiger partial charge in [-0.1, -0.05) is 23.4 Å². The number of nitrogens with one attached hydrogen (secondary N) is 3. The lowest BCUT2D eigenvalue weighted by Crippen LogP contribution is -2.25. The van der Waals surface area contributed by atoms with Gasteiger partial charge in [0.1, 0.15) is 5.76 Å². The highest BCUT2D eigenvalue weighted by molar-refractivity contribution is 8.00. The third-order valence-electron chi connectivity index (χ3n) is 3.75. The van der Waals surface area contributed by atoms with Crippen LogP contribution in [-0.4, -0.2) is 28.5 Å². The zero-order valence-corrected chi connectivity index (χ0v) is 16.0. The van der Waals surface area contributed by atoms with Crippen LogP contribution in [0.25, 0.3) is 0 Å². The second kappa shape index (κ2) is 9.61. The predicted molar refractivity (Wildman–Crippen MR) is 103 cm³/mol. The van der Waals surface area contributed by atoms with E-state index in [-0.39, 0.29) is 35.7 Å². The fourth-order valence-corrected chi connectivity index (χ4v) is 3.20. The highest BCUT2D eigenvalue weighted by Gasteiger charge is 2.11. The van der Waals surface area contributed by atoms with Crippen molar-refractivity contribution in [2.45, 2.75) is 26.6 Å². The maximum Gasteiger partial charge on any atom is 0.235 e. The Hall–Kier alpha value is -2.03. The molecule has 3 rings (SSSR count). The lowest BCUT2D eigenvalue weighted by Gasteiger charge is -2.07. The van der Waals surface area contributed by atoms with E-state index in [1.54, 1.807) is 13.0 Å². The number of carbonyl (C=O) groups excluding carboxylic acids is 2. The van der Waals surface area contributed by atoms with Crippen molar-refractivity contribution in [1.29, 1.82) is 0 Å². The topological polar surface area (TPSA) is 96.3 Å². The Morgan fingerprint density at radius 1 is 1.19 bits per heavy atom. The van der Waals surface area contributed by atoms with E-state index in [1.165, 1.54) is 22.9 Å². The maximum absolute atomic E-state index is 11.9. The van der Waals surface area contributed by atoms with Gasteiger partial charge in [-0.05, 0) is 23.6 Å². The summed E-state index contributed by atoms with van der Waals surface area (Å²) in [6, 6.07) is 7.89. The molecular formula is C17H21ClN4O3S. The Bertz CT molecular complexity index is 781. The Morgan fingerprint density at radius 2 is 1.96 bits per heavy atom. The third-order valence-corrected chi connectivity index (χ3v) is 4.69. The molecular weight excluding hydrogens is 376 g/mol. The highest BCUT2D eigenvalue weighted by atomic mass is 35.5. The molecule has 3 N–H and O–H groups in total. The molecule has 0 aliphatic carbocycles. The average molecular weight is 397 g/mol. The van der Waals surface area contributed by atoms with E-state index in [1.807, 2.05) is 6.07 Å². The molecule has 1 aromatic carbocycles. The Kier molecular flexibility index (Phi) is 7.50. The normalized spacial score (nSPS) is 12.2. The van der Waals surface area contributed by atoms with Gasteiger partial charge in [-0.25, -0.2) is 0 Å². The van der Waals surface area contributed by atoms with Crippen molar-refractivity contribution >= 4 is 41.8 Å². The zero-order chi connectivity index (χ0) is 17.6. The molecule has 0 fully saturated rings. The van der Waals surface area contributed by atoms with Crippen molar-refractivity contribution in [3.63, 3.8) is 0 Å². The third kappa shape index (κ3) is 5.76. The van der Waals surface area contributed by atoms with Gasteiger partial charge in [-0.3, -0.25) is 9.59 Å². The van der Waals surface area contributed by atoms with Crippen molar-refractivity contribution in [2.24, 2.45) is 0 Å². The first-order chi connectivity index (χ1) is 12.1. The van der Waals surface area contributed by atoms with E-state index in [4.69, 9.17) is 4.52 Å². The molecule has 0 saturated heterocycles. The summed E-state index contributed by atoms with van der Waals surface area (Å²) >= 11 is 1.26. The monoisotopic (exact) mass is 396 g/mol. The van der Waals surface area contributed by atoms with Crippen molar-refractivity contribution in [1.82, 2.24) is 15.8 Å². The second-order valence-electron chi connectivity index (χ2n) is 5.85. The van der Waals surface area contributed by atoms with Crippen LogP contribution in [0.3, 0.4) is 0 Å². The van der Waals surface area contributed by atoms with E-state index in [9.17, 15) is 9.59 Å². The van der Waals surface area contributed by atoms with Crippen LogP contribution in [0.1, 0.15) is 22.5 Å². The number of anilines is 1. The van der Waals surface area contributed by atoms with Crippen LogP contribution in [-0.2, 0) is 29.2 Å². The molecule has 0 bridgehead atoms. The smallest absolute Gasteiger partial charge is 0.235 e. The zero-order valence-electron chi connectivity index (χ0n) is 14.3. The van der Waals surface area contributed by atoms with E-state index in [2.05, 4.69) is 33.2 Å². The molecule has 1 aromatic heterocycles. The summed E-state index contributed by atoms with van der Waals surface area (Å²) in [6.45, 7) is 4.04. The first-order valence-electron chi connectivity index (χ1n) is 7.99. The van der Waals surface area contributed by atoms with Crippen molar-refractivity contribution < 1.29 is 14.1 Å². The SMILES string of the molecule is Cc1cc(NC(=O)CSCC(=O)NCc2ccc3c(c2)CNC3)no1.Cl. The number of rotatable bonds is 7. The Labute approximate surface area is 162 Å². The van der Waals surface area contributed by atoms with Crippen LogP contribution in [0, 0.1) is 6.92 Å². The van der Waals surface area contributed by atoms with Gasteiger partial charge < -0.3 is 20.5 Å². The van der Waals surface area contributed by atoms with Gasteiger partial charge in [-0.2, -0.15) is 0 Å². The molecule has 0 atom stereocenters. The van der Waals surface area contributed by atoms with Crippen LogP contribution in [0.5, 0.6) is 0 Å². The second-order valence-corrected chi connectivity index (χ2v) is 6.83. The molecule has 0 saturated carbocycles. The minimum Gasteiger partial charge on any atom is -0.360 e. The average Bonchev–Trinajstić information content (AvgIpc) is 3.21. The number of halogens is 1. The van der Waals surface area contributed by atoms with Crippen molar-refractivity contribution in [3.05, 3.63) is 46.7 Å². The van der Waals surface area contributed by atoms with Crippen molar-refractivity contribution in [2.75, 3.05) is 16.8 Å². The van der Waals surface area contributed by atoms with Gasteiger partial charge in [0.25, 0.3) is 0 Å². The summed E-state index contributed by atoms with van der Waals surface area (Å²) in [7, 11) is 0. The van der Waals surface area contributed by atoms with Gasteiger partial charge in [0.05, 0.1) is 11.5 Å². The molecule has 1 aliphatic rings. The van der Waals surface area contributed by atoms with Crippen LogP contribution >= 0.6 is 24.2 Å². The fraction of sp³-hybridized carbons (Fsp3) is 0.353. The fourth-order valence-electron chi connectivity index (χ4n) is 2.55. The summed E-state index contributed by atoms with van der Waals surface area (Å²) in [5, 5.41) is 12.5. The van der Waals surface area contributed by atoms with E-state index in [0.29, 0.717) is 18.1 Å². The molecule has 7 nitrogen and oxygen atoms in total. The van der Waals surface area contributed by atoms with Crippen LogP contribution in [0.15, 0.2) is 28.8 Å². The van der Waals surface area contributed by atoms with Gasteiger partial charge in [0, 0.05) is 25.7 Å². The summed E-state index contributed by atoms with van der Waals surface area (Å²) in [5.74, 6) is 1.14. The Morgan fingerprint density at radius 3 is 2.73 bits per heavy atom. The molecule has 140 valence electrons. The minimum atomic E-state index is -0.211. The number of thioether (sulfide) groups is 1. The standard InChI is InChI=1S/C17H20N4O3S.ClH/c1-11-4-15(21-24-11)20-17(23)10-25-9-16(22)19-6-12-2-3-13-7-18-8-14(13)5-12;/h2-5,18H,6-10H2,1H3,(H,19,22)(H,20,21,23);1H. The highest BCUT2D eigenvalue weighted by Crippen LogP contribution is 2.17. The number of hydrogen-bond donors (Lipinski definition) is 3. The molecule has 2 heterocycles. The number of benzene rings is 1. The van der Waals surface area contributed by atoms with E-state index < -0.39 is 0 Å². The van der Waals surface area contributed by atoms with Gasteiger partial charge in [-0.15, -0.1) is 24.2 Å². The van der Waals surface area contributed by atoms with Gasteiger partial charge in [0.15, 0.2) is 5.82 Å². The van der Waals surface area contributed by atoms with Gasteiger partial charge >= 0.3 is 0 Å². The lowest BCUT2D eigenvalue weighted by molar-refractivity contribution is -0.118. The van der Waals surface area contributed by atoms with E-state index >= 15 is 0 Å². The largest absolute Gasteiger partial charge is 0.360 e. The van der Waals surface area contributed by atoms with Crippen LogP contribution in [0.4, 0.5) is 5.82 Å². The van der Waals surface area contributed by atoms with Crippen LogP contribution in [0.2, 0.25) is 0 Å². The molecule has 0 unspecified atom stereocenters. The number of carbonyl (C=O) groups is 2. The summed E-state index contributed by atoms with van der Waals surface area (Å²) in [6.07, 6.45) is 0. The number of aromatic nitrogens is 1.